The molecule has 0 amide bonds. The number of nitrogen functional groups attached to an aromatic ring is 1. The smallest absolute Gasteiger partial charge is 0.243 e. The quantitative estimate of drug-likeness (QED) is 0.831. The lowest BCUT2D eigenvalue weighted by atomic mass is 10.2. The minimum absolute atomic E-state index is 0.0603. The number of benzene rings is 1. The summed E-state index contributed by atoms with van der Waals surface area (Å²) in [4.78, 5) is 6.59. The first-order chi connectivity index (χ1) is 9.32. The molecular formula is C12H15FN4O2S. The zero-order valence-corrected chi connectivity index (χ0v) is 11.9. The van der Waals surface area contributed by atoms with Gasteiger partial charge in [-0.2, -0.15) is 4.31 Å². The molecule has 0 radical (unpaired) electrons. The predicted molar refractivity (Wildman–Crippen MR) is 72.8 cm³/mol. The first-order valence-electron chi connectivity index (χ1n) is 5.82. The summed E-state index contributed by atoms with van der Waals surface area (Å²) in [6.45, 7) is 1.55. The monoisotopic (exact) mass is 298 g/mol. The van der Waals surface area contributed by atoms with Crippen molar-refractivity contribution < 1.29 is 12.8 Å². The molecule has 3 N–H and O–H groups in total. The lowest BCUT2D eigenvalue weighted by molar-refractivity contribution is 0.457. The van der Waals surface area contributed by atoms with Crippen LogP contribution in [0.15, 0.2) is 29.4 Å². The summed E-state index contributed by atoms with van der Waals surface area (Å²) in [6.07, 6.45) is 3.12. The van der Waals surface area contributed by atoms with Crippen LogP contribution in [0.1, 0.15) is 11.4 Å². The normalized spacial score (nSPS) is 12.0. The van der Waals surface area contributed by atoms with Gasteiger partial charge in [0.05, 0.1) is 11.4 Å². The molecule has 0 aliphatic rings. The van der Waals surface area contributed by atoms with Crippen LogP contribution in [-0.4, -0.2) is 29.7 Å². The van der Waals surface area contributed by atoms with Gasteiger partial charge in [0.2, 0.25) is 10.0 Å². The molecule has 108 valence electrons. The van der Waals surface area contributed by atoms with E-state index in [-0.39, 0.29) is 22.7 Å². The Morgan fingerprint density at radius 1 is 1.45 bits per heavy atom. The maximum absolute atomic E-state index is 13.6. The second-order valence-corrected chi connectivity index (χ2v) is 6.46. The van der Waals surface area contributed by atoms with E-state index in [0.717, 1.165) is 10.4 Å². The van der Waals surface area contributed by atoms with E-state index in [1.165, 1.54) is 26.2 Å². The molecule has 1 heterocycles. The first kappa shape index (κ1) is 14.5. The SMILES string of the molecule is Cc1c(N)cc(S(=O)(=O)N(C)Cc2ncc[nH]2)cc1F. The van der Waals surface area contributed by atoms with Crippen molar-refractivity contribution in [2.45, 2.75) is 18.4 Å². The number of hydrogen-bond donors (Lipinski definition) is 2. The lowest BCUT2D eigenvalue weighted by Gasteiger charge is -2.17. The zero-order chi connectivity index (χ0) is 14.9. The molecule has 0 aliphatic heterocycles. The van der Waals surface area contributed by atoms with Gasteiger partial charge in [0.15, 0.2) is 0 Å². The van der Waals surface area contributed by atoms with Crippen LogP contribution in [0.2, 0.25) is 0 Å². The topological polar surface area (TPSA) is 92.1 Å². The highest BCUT2D eigenvalue weighted by molar-refractivity contribution is 7.89. The van der Waals surface area contributed by atoms with Crippen LogP contribution in [0.3, 0.4) is 0 Å². The van der Waals surface area contributed by atoms with Gasteiger partial charge in [-0.15, -0.1) is 0 Å². The molecule has 0 spiro atoms. The Balaban J connectivity index is 2.35. The summed E-state index contributed by atoms with van der Waals surface area (Å²) in [6, 6.07) is 2.23. The van der Waals surface area contributed by atoms with Gasteiger partial charge in [-0.25, -0.2) is 17.8 Å². The fraction of sp³-hybridized carbons (Fsp3) is 0.250. The van der Waals surface area contributed by atoms with Crippen LogP contribution >= 0.6 is 0 Å². The predicted octanol–water partition coefficient (Wildman–Crippen LogP) is 1.26. The van der Waals surface area contributed by atoms with Crippen LogP contribution in [0.5, 0.6) is 0 Å². The molecular weight excluding hydrogens is 283 g/mol. The number of halogens is 1. The number of aromatic amines is 1. The Bertz CT molecular complexity index is 690. The third-order valence-electron chi connectivity index (χ3n) is 2.99. The summed E-state index contributed by atoms with van der Waals surface area (Å²) in [5.41, 5.74) is 5.95. The van der Waals surface area contributed by atoms with E-state index in [9.17, 15) is 12.8 Å². The Morgan fingerprint density at radius 2 is 2.15 bits per heavy atom. The Morgan fingerprint density at radius 3 is 2.70 bits per heavy atom. The Kier molecular flexibility index (Phi) is 3.78. The number of hydrogen-bond acceptors (Lipinski definition) is 4. The molecule has 0 unspecified atom stereocenters. The molecule has 0 saturated carbocycles. The average Bonchev–Trinajstić information content (AvgIpc) is 2.88. The molecule has 6 nitrogen and oxygen atoms in total. The van der Waals surface area contributed by atoms with Gasteiger partial charge in [0.1, 0.15) is 11.6 Å². The van der Waals surface area contributed by atoms with Crippen molar-refractivity contribution in [3.8, 4) is 0 Å². The largest absolute Gasteiger partial charge is 0.398 e. The van der Waals surface area contributed by atoms with Crippen molar-refractivity contribution in [1.82, 2.24) is 14.3 Å². The van der Waals surface area contributed by atoms with Crippen LogP contribution in [0.4, 0.5) is 10.1 Å². The summed E-state index contributed by atoms with van der Waals surface area (Å²) >= 11 is 0. The van der Waals surface area contributed by atoms with Crippen molar-refractivity contribution in [3.63, 3.8) is 0 Å². The van der Waals surface area contributed by atoms with Crippen LogP contribution in [0, 0.1) is 12.7 Å². The second kappa shape index (κ2) is 5.22. The van der Waals surface area contributed by atoms with Crippen LogP contribution in [-0.2, 0) is 16.6 Å². The third-order valence-corrected chi connectivity index (χ3v) is 4.77. The van der Waals surface area contributed by atoms with E-state index in [1.807, 2.05) is 0 Å². The minimum atomic E-state index is -3.82. The summed E-state index contributed by atoms with van der Waals surface area (Å²) < 4.78 is 39.4. The maximum Gasteiger partial charge on any atom is 0.243 e. The lowest BCUT2D eigenvalue weighted by Crippen LogP contribution is -2.27. The fourth-order valence-corrected chi connectivity index (χ4v) is 2.86. The number of anilines is 1. The van der Waals surface area contributed by atoms with Crippen LogP contribution in [0.25, 0.3) is 0 Å². The molecule has 2 rings (SSSR count). The van der Waals surface area contributed by atoms with E-state index >= 15 is 0 Å². The molecule has 20 heavy (non-hydrogen) atoms. The van der Waals surface area contributed by atoms with Gasteiger partial charge < -0.3 is 10.7 Å². The number of rotatable bonds is 4. The van der Waals surface area contributed by atoms with Crippen LogP contribution < -0.4 is 5.73 Å². The third kappa shape index (κ3) is 2.66. The fourth-order valence-electron chi connectivity index (χ4n) is 1.68. The van der Waals surface area contributed by atoms with E-state index in [4.69, 9.17) is 5.73 Å². The molecule has 0 atom stereocenters. The van der Waals surface area contributed by atoms with Gasteiger partial charge in [-0.05, 0) is 19.1 Å². The number of sulfonamides is 1. The number of imidazole rings is 1. The highest BCUT2D eigenvalue weighted by atomic mass is 32.2. The van der Waals surface area contributed by atoms with E-state index in [2.05, 4.69) is 9.97 Å². The minimum Gasteiger partial charge on any atom is -0.398 e. The molecule has 8 heteroatoms. The average molecular weight is 298 g/mol. The van der Waals surface area contributed by atoms with Gasteiger partial charge in [0.25, 0.3) is 0 Å². The van der Waals surface area contributed by atoms with E-state index < -0.39 is 15.8 Å². The van der Waals surface area contributed by atoms with Crippen molar-refractivity contribution in [2.24, 2.45) is 0 Å². The molecule has 0 fully saturated rings. The molecule has 1 aromatic heterocycles. The Labute approximate surface area is 116 Å². The van der Waals surface area contributed by atoms with Crippen molar-refractivity contribution in [3.05, 3.63) is 41.7 Å². The summed E-state index contributed by atoms with van der Waals surface area (Å²) in [7, 11) is -2.43. The summed E-state index contributed by atoms with van der Waals surface area (Å²) in [5, 5.41) is 0. The molecule has 0 saturated heterocycles. The first-order valence-corrected chi connectivity index (χ1v) is 7.26. The van der Waals surface area contributed by atoms with Gasteiger partial charge in [-0.1, -0.05) is 0 Å². The Hall–Kier alpha value is -1.93. The molecule has 0 aliphatic carbocycles. The molecule has 0 bridgehead atoms. The summed E-state index contributed by atoms with van der Waals surface area (Å²) in [5.74, 6) is -0.147. The number of nitrogens with zero attached hydrogens (tertiary/aromatic N) is 2. The standard InChI is InChI=1S/C12H15FN4O2S/c1-8-10(13)5-9(6-11(8)14)20(18,19)17(2)7-12-15-3-4-16-12/h3-6H,7,14H2,1-2H3,(H,15,16). The van der Waals surface area contributed by atoms with E-state index in [0.29, 0.717) is 5.82 Å². The highest BCUT2D eigenvalue weighted by Crippen LogP contribution is 2.23. The highest BCUT2D eigenvalue weighted by Gasteiger charge is 2.23. The second-order valence-electron chi connectivity index (χ2n) is 4.42. The van der Waals surface area contributed by atoms with E-state index in [1.54, 1.807) is 6.20 Å². The van der Waals surface area contributed by atoms with Crippen molar-refractivity contribution in [1.29, 1.82) is 0 Å². The number of nitrogens with two attached hydrogens (primary N) is 1. The van der Waals surface area contributed by atoms with Gasteiger partial charge in [0, 0.05) is 30.7 Å². The number of aromatic nitrogens is 2. The maximum atomic E-state index is 13.6. The zero-order valence-electron chi connectivity index (χ0n) is 11.1. The molecule has 2 aromatic rings. The number of nitrogens with one attached hydrogen (secondary N) is 1. The number of H-pyrrole nitrogens is 1. The van der Waals surface area contributed by atoms with Gasteiger partial charge in [-0.3, -0.25) is 0 Å². The molecule has 1 aromatic carbocycles. The van der Waals surface area contributed by atoms with Crippen molar-refractivity contribution >= 4 is 15.7 Å². The van der Waals surface area contributed by atoms with Crippen molar-refractivity contribution in [2.75, 3.05) is 12.8 Å². The van der Waals surface area contributed by atoms with Gasteiger partial charge >= 0.3 is 0 Å².